The number of amides is 1. The normalized spacial score (nSPS) is 15.6. The summed E-state index contributed by atoms with van der Waals surface area (Å²) in [6.07, 6.45) is 2.12. The molecule has 1 aromatic heterocycles. The van der Waals surface area contributed by atoms with E-state index in [0.717, 1.165) is 22.0 Å². The van der Waals surface area contributed by atoms with Gasteiger partial charge < -0.3 is 14.6 Å². The van der Waals surface area contributed by atoms with E-state index in [-0.39, 0.29) is 29.8 Å². The second-order valence-electron chi connectivity index (χ2n) is 7.80. The number of hydrogen-bond acceptors (Lipinski definition) is 2. The minimum absolute atomic E-state index is 0.0471. The van der Waals surface area contributed by atoms with Gasteiger partial charge in [0, 0.05) is 30.5 Å². The average molecular weight is 436 g/mol. The molecule has 4 nitrogen and oxygen atoms in total. The van der Waals surface area contributed by atoms with E-state index in [1.54, 1.807) is 24.3 Å². The van der Waals surface area contributed by atoms with Crippen LogP contribution in [0.5, 0.6) is 5.75 Å². The molecule has 1 aliphatic heterocycles. The third-order valence-electron chi connectivity index (χ3n) is 5.70. The minimum Gasteiger partial charge on any atom is -0.435 e. The fourth-order valence-electron chi connectivity index (χ4n) is 4.42. The van der Waals surface area contributed by atoms with Gasteiger partial charge in [0.1, 0.15) is 11.6 Å². The Labute approximate surface area is 182 Å². The number of anilines is 1. The number of carbonyl (C=O) groups is 1. The molecule has 4 aromatic rings. The summed E-state index contributed by atoms with van der Waals surface area (Å²) in [5, 5.41) is 3.84. The van der Waals surface area contributed by atoms with Crippen LogP contribution < -0.4 is 10.1 Å². The van der Waals surface area contributed by atoms with E-state index in [0.29, 0.717) is 17.8 Å². The topological polar surface area (TPSA) is 43.3 Å². The number of ether oxygens (including phenoxy) is 1. The molecule has 1 N–H and O–H groups in total. The zero-order chi connectivity index (χ0) is 22.2. The van der Waals surface area contributed by atoms with Gasteiger partial charge in [-0.15, -0.1) is 0 Å². The molecular weight excluding hydrogens is 417 g/mol. The number of halogens is 3. The molecule has 0 spiro atoms. The summed E-state index contributed by atoms with van der Waals surface area (Å²) in [6, 6.07) is 18.5. The van der Waals surface area contributed by atoms with Gasteiger partial charge in [-0.25, -0.2) is 4.39 Å². The van der Waals surface area contributed by atoms with Crippen LogP contribution in [-0.2, 0) is 11.3 Å². The monoisotopic (exact) mass is 436 g/mol. The standard InChI is InChI=1S/C25H19F3N2O2/c26-17-6-1-4-15(10-17)13-30-14-20-19(16-5-2-7-18(11-16)32-25(27)28)12-23(31)29-21-8-3-9-22(30)24(20)21/h1-11,14,19,25H,12-13H2,(H,29,31)/t19-/m0/s1. The molecule has 0 bridgehead atoms. The fourth-order valence-corrected chi connectivity index (χ4v) is 4.42. The van der Waals surface area contributed by atoms with Crippen molar-refractivity contribution < 1.29 is 22.7 Å². The highest BCUT2D eigenvalue weighted by Gasteiger charge is 2.28. The molecule has 1 aliphatic rings. The summed E-state index contributed by atoms with van der Waals surface area (Å²) in [5.41, 5.74) is 4.01. The van der Waals surface area contributed by atoms with Gasteiger partial charge in [-0.1, -0.05) is 30.3 Å². The first-order valence-corrected chi connectivity index (χ1v) is 10.2. The molecule has 32 heavy (non-hydrogen) atoms. The van der Waals surface area contributed by atoms with Crippen molar-refractivity contribution in [2.24, 2.45) is 0 Å². The van der Waals surface area contributed by atoms with Crippen molar-refractivity contribution in [2.75, 3.05) is 5.32 Å². The summed E-state index contributed by atoms with van der Waals surface area (Å²) in [7, 11) is 0. The van der Waals surface area contributed by atoms with Crippen LogP contribution in [0, 0.1) is 5.82 Å². The fraction of sp³-hybridized carbons (Fsp3) is 0.160. The number of aromatic nitrogens is 1. The second-order valence-corrected chi connectivity index (χ2v) is 7.80. The van der Waals surface area contributed by atoms with Gasteiger partial charge in [-0.2, -0.15) is 8.78 Å². The number of benzene rings is 3. The van der Waals surface area contributed by atoms with Gasteiger partial charge in [0.05, 0.1) is 11.2 Å². The molecule has 0 aliphatic carbocycles. The quantitative estimate of drug-likeness (QED) is 0.423. The number of nitrogens with zero attached hydrogens (tertiary/aromatic N) is 1. The first-order chi connectivity index (χ1) is 15.5. The van der Waals surface area contributed by atoms with Crippen molar-refractivity contribution >= 4 is 22.5 Å². The molecule has 1 atom stereocenters. The van der Waals surface area contributed by atoms with Gasteiger partial charge >= 0.3 is 6.61 Å². The molecule has 2 heterocycles. The van der Waals surface area contributed by atoms with Crippen molar-refractivity contribution in [2.45, 2.75) is 25.5 Å². The predicted molar refractivity (Wildman–Crippen MR) is 116 cm³/mol. The highest BCUT2D eigenvalue weighted by atomic mass is 19.3. The van der Waals surface area contributed by atoms with Crippen LogP contribution in [0.2, 0.25) is 0 Å². The number of nitrogens with one attached hydrogen (secondary N) is 1. The number of rotatable bonds is 5. The lowest BCUT2D eigenvalue weighted by atomic mass is 9.88. The second kappa shape index (κ2) is 8.07. The molecular formula is C25H19F3N2O2. The molecule has 1 amide bonds. The van der Waals surface area contributed by atoms with E-state index in [9.17, 15) is 18.0 Å². The zero-order valence-corrected chi connectivity index (χ0v) is 16.9. The van der Waals surface area contributed by atoms with Crippen LogP contribution in [0.15, 0.2) is 72.9 Å². The molecule has 0 saturated carbocycles. The lowest BCUT2D eigenvalue weighted by molar-refractivity contribution is -0.116. The summed E-state index contributed by atoms with van der Waals surface area (Å²) in [5.74, 6) is -0.764. The zero-order valence-electron chi connectivity index (χ0n) is 16.9. The number of carbonyl (C=O) groups excluding carboxylic acids is 1. The van der Waals surface area contributed by atoms with Crippen LogP contribution >= 0.6 is 0 Å². The smallest absolute Gasteiger partial charge is 0.387 e. The summed E-state index contributed by atoms with van der Waals surface area (Å²) in [6.45, 7) is -2.48. The maximum absolute atomic E-state index is 13.7. The summed E-state index contributed by atoms with van der Waals surface area (Å²) < 4.78 is 45.8. The Balaban J connectivity index is 1.64. The molecule has 7 heteroatoms. The number of alkyl halides is 2. The first kappa shape index (κ1) is 20.2. The largest absolute Gasteiger partial charge is 0.435 e. The lowest BCUT2D eigenvalue weighted by Gasteiger charge is -2.16. The number of hydrogen-bond donors (Lipinski definition) is 1. The van der Waals surface area contributed by atoms with Crippen molar-refractivity contribution in [3.63, 3.8) is 0 Å². The van der Waals surface area contributed by atoms with Gasteiger partial charge in [-0.05, 0) is 53.1 Å². The molecule has 0 radical (unpaired) electrons. The first-order valence-electron chi connectivity index (χ1n) is 10.2. The third-order valence-corrected chi connectivity index (χ3v) is 5.70. The van der Waals surface area contributed by atoms with Crippen molar-refractivity contribution in [1.29, 1.82) is 0 Å². The van der Waals surface area contributed by atoms with E-state index in [1.807, 2.05) is 35.0 Å². The van der Waals surface area contributed by atoms with E-state index < -0.39 is 6.61 Å². The highest BCUT2D eigenvalue weighted by molar-refractivity contribution is 6.06. The molecule has 3 aromatic carbocycles. The van der Waals surface area contributed by atoms with Crippen molar-refractivity contribution in [3.8, 4) is 5.75 Å². The van der Waals surface area contributed by atoms with E-state index in [2.05, 4.69) is 10.1 Å². The Hall–Kier alpha value is -3.74. The minimum atomic E-state index is -2.93. The molecule has 0 saturated heterocycles. The third kappa shape index (κ3) is 3.82. The Morgan fingerprint density at radius 2 is 1.88 bits per heavy atom. The van der Waals surface area contributed by atoms with Gasteiger partial charge in [-0.3, -0.25) is 4.79 Å². The van der Waals surface area contributed by atoms with Crippen LogP contribution in [0.1, 0.15) is 29.0 Å². The van der Waals surface area contributed by atoms with Gasteiger partial charge in [0.2, 0.25) is 5.91 Å². The van der Waals surface area contributed by atoms with Gasteiger partial charge in [0.25, 0.3) is 0 Å². The average Bonchev–Trinajstić information content (AvgIpc) is 3.03. The van der Waals surface area contributed by atoms with Crippen LogP contribution in [0.25, 0.3) is 10.9 Å². The van der Waals surface area contributed by atoms with Gasteiger partial charge in [0.15, 0.2) is 0 Å². The SMILES string of the molecule is O=C1C[C@@H](c2cccc(OC(F)F)c2)c2cn(Cc3cccc(F)c3)c3cccc(c23)N1. The highest BCUT2D eigenvalue weighted by Crippen LogP contribution is 2.41. The Morgan fingerprint density at radius 1 is 1.06 bits per heavy atom. The van der Waals surface area contributed by atoms with Crippen molar-refractivity contribution in [3.05, 3.63) is 95.4 Å². The predicted octanol–water partition coefficient (Wildman–Crippen LogP) is 5.90. The molecule has 162 valence electrons. The van der Waals surface area contributed by atoms with E-state index >= 15 is 0 Å². The van der Waals surface area contributed by atoms with Crippen LogP contribution in [-0.4, -0.2) is 17.1 Å². The molecule has 5 rings (SSSR count). The summed E-state index contributed by atoms with van der Waals surface area (Å²) in [4.78, 5) is 12.6. The molecule has 0 fully saturated rings. The Morgan fingerprint density at radius 3 is 2.69 bits per heavy atom. The van der Waals surface area contributed by atoms with E-state index in [1.165, 1.54) is 18.2 Å². The Kier molecular flexibility index (Phi) is 5.09. The molecule has 0 unspecified atom stereocenters. The lowest BCUT2D eigenvalue weighted by Crippen LogP contribution is -2.14. The Bertz CT molecular complexity index is 1320. The maximum atomic E-state index is 13.7. The summed E-state index contributed by atoms with van der Waals surface area (Å²) >= 11 is 0. The maximum Gasteiger partial charge on any atom is 0.387 e. The van der Waals surface area contributed by atoms with Crippen LogP contribution in [0.3, 0.4) is 0 Å². The van der Waals surface area contributed by atoms with E-state index in [4.69, 9.17) is 0 Å². The van der Waals surface area contributed by atoms with Crippen molar-refractivity contribution in [1.82, 2.24) is 4.57 Å². The van der Waals surface area contributed by atoms with Crippen LogP contribution in [0.4, 0.5) is 18.9 Å².